The van der Waals surface area contributed by atoms with Crippen LogP contribution in [0.5, 0.6) is 0 Å². The Morgan fingerprint density at radius 2 is 2.18 bits per heavy atom. The molecule has 0 spiro atoms. The maximum atomic E-state index is 11.5. The number of amides is 2. The number of hydrogen-bond acceptors (Lipinski definition) is 3. The van der Waals surface area contributed by atoms with Gasteiger partial charge in [0, 0.05) is 13.0 Å². The van der Waals surface area contributed by atoms with E-state index in [0.717, 1.165) is 19.3 Å². The first-order valence-electron chi connectivity index (χ1n) is 6.07. The lowest BCUT2D eigenvalue weighted by Crippen LogP contribution is -2.46. The first-order chi connectivity index (χ1) is 8.15. The van der Waals surface area contributed by atoms with E-state index in [0.29, 0.717) is 19.1 Å². The van der Waals surface area contributed by atoms with Crippen LogP contribution in [-0.2, 0) is 9.53 Å². The fourth-order valence-corrected chi connectivity index (χ4v) is 2.45. The number of carboxylic acid groups (broad SMARTS) is 1. The normalized spacial score (nSPS) is 30.2. The average Bonchev–Trinajstić information content (AvgIpc) is 2.86. The molecule has 2 aliphatic heterocycles. The van der Waals surface area contributed by atoms with Gasteiger partial charge in [-0.2, -0.15) is 0 Å². The second-order valence-corrected chi connectivity index (χ2v) is 4.61. The van der Waals surface area contributed by atoms with Crippen LogP contribution in [-0.4, -0.2) is 41.9 Å². The molecular formula is C11H18N2O4. The summed E-state index contributed by atoms with van der Waals surface area (Å²) in [5, 5.41) is 14.0. The minimum atomic E-state index is -0.839. The lowest BCUT2D eigenvalue weighted by Gasteiger charge is -2.20. The number of carboxylic acids is 1. The molecular weight excluding hydrogens is 224 g/mol. The first kappa shape index (κ1) is 12.2. The SMILES string of the molecule is O=C(O)CCCNC(=O)NC1CC2CCC1O2. The third kappa shape index (κ3) is 3.33. The minimum absolute atomic E-state index is 0.0809. The third-order valence-electron chi connectivity index (χ3n) is 3.28. The van der Waals surface area contributed by atoms with Crippen LogP contribution < -0.4 is 10.6 Å². The van der Waals surface area contributed by atoms with Crippen molar-refractivity contribution in [3.8, 4) is 0 Å². The second-order valence-electron chi connectivity index (χ2n) is 4.61. The number of carbonyl (C=O) groups is 2. The van der Waals surface area contributed by atoms with E-state index in [1.54, 1.807) is 0 Å². The summed E-state index contributed by atoms with van der Waals surface area (Å²) < 4.78 is 5.62. The largest absolute Gasteiger partial charge is 0.481 e. The maximum absolute atomic E-state index is 11.5. The number of carbonyl (C=O) groups excluding carboxylic acids is 1. The zero-order chi connectivity index (χ0) is 12.3. The monoisotopic (exact) mass is 242 g/mol. The van der Waals surface area contributed by atoms with Gasteiger partial charge in [0.05, 0.1) is 18.2 Å². The molecule has 0 aliphatic carbocycles. The van der Waals surface area contributed by atoms with E-state index in [2.05, 4.69) is 10.6 Å². The Hall–Kier alpha value is -1.30. The summed E-state index contributed by atoms with van der Waals surface area (Å²) in [5.74, 6) is -0.839. The Labute approximate surface area is 99.7 Å². The van der Waals surface area contributed by atoms with E-state index < -0.39 is 5.97 Å². The van der Waals surface area contributed by atoms with Crippen molar-refractivity contribution in [3.05, 3.63) is 0 Å². The predicted molar refractivity (Wildman–Crippen MR) is 59.7 cm³/mol. The molecule has 0 aromatic rings. The number of rotatable bonds is 5. The molecule has 96 valence electrons. The van der Waals surface area contributed by atoms with Gasteiger partial charge < -0.3 is 20.5 Å². The highest BCUT2D eigenvalue weighted by molar-refractivity contribution is 5.74. The van der Waals surface area contributed by atoms with Gasteiger partial charge in [0.15, 0.2) is 0 Å². The molecule has 3 N–H and O–H groups in total. The lowest BCUT2D eigenvalue weighted by atomic mass is 9.96. The summed E-state index contributed by atoms with van der Waals surface area (Å²) >= 11 is 0. The van der Waals surface area contributed by atoms with Crippen LogP contribution in [0.4, 0.5) is 4.79 Å². The topological polar surface area (TPSA) is 87.7 Å². The molecule has 2 heterocycles. The second kappa shape index (κ2) is 5.35. The molecule has 3 atom stereocenters. The number of aliphatic carboxylic acids is 1. The van der Waals surface area contributed by atoms with Gasteiger partial charge in [0.2, 0.25) is 0 Å². The van der Waals surface area contributed by atoms with Crippen molar-refractivity contribution < 1.29 is 19.4 Å². The van der Waals surface area contributed by atoms with Crippen LogP contribution in [0.3, 0.4) is 0 Å². The highest BCUT2D eigenvalue weighted by atomic mass is 16.5. The molecule has 2 fully saturated rings. The lowest BCUT2D eigenvalue weighted by molar-refractivity contribution is -0.137. The molecule has 0 aromatic heterocycles. The quantitative estimate of drug-likeness (QED) is 0.611. The number of ether oxygens (including phenoxy) is 1. The molecule has 2 saturated heterocycles. The van der Waals surface area contributed by atoms with E-state index >= 15 is 0 Å². The summed E-state index contributed by atoms with van der Waals surface area (Å²) in [5.41, 5.74) is 0. The average molecular weight is 242 g/mol. The first-order valence-corrected chi connectivity index (χ1v) is 6.07. The number of fused-ring (bicyclic) bond motifs is 2. The van der Waals surface area contributed by atoms with E-state index in [1.165, 1.54) is 0 Å². The fraction of sp³-hybridized carbons (Fsp3) is 0.818. The van der Waals surface area contributed by atoms with Crippen LogP contribution in [0.25, 0.3) is 0 Å². The zero-order valence-corrected chi connectivity index (χ0v) is 9.65. The molecule has 2 amide bonds. The van der Waals surface area contributed by atoms with E-state index in [4.69, 9.17) is 9.84 Å². The Kier molecular flexibility index (Phi) is 3.83. The predicted octanol–water partition coefficient (Wildman–Crippen LogP) is 0.470. The smallest absolute Gasteiger partial charge is 0.315 e. The number of nitrogens with one attached hydrogen (secondary N) is 2. The van der Waals surface area contributed by atoms with Gasteiger partial charge in [-0.25, -0.2) is 4.79 Å². The standard InChI is InChI=1S/C11H18N2O4/c14-10(15)2-1-5-12-11(16)13-8-6-7-3-4-9(8)17-7/h7-9H,1-6H2,(H,14,15)(H2,12,13,16). The maximum Gasteiger partial charge on any atom is 0.315 e. The summed E-state index contributed by atoms with van der Waals surface area (Å²) in [6.07, 6.45) is 4.04. The third-order valence-corrected chi connectivity index (χ3v) is 3.28. The molecule has 0 radical (unpaired) electrons. The summed E-state index contributed by atoms with van der Waals surface area (Å²) in [6.45, 7) is 0.389. The molecule has 2 bridgehead atoms. The van der Waals surface area contributed by atoms with Crippen molar-refractivity contribution in [1.29, 1.82) is 0 Å². The van der Waals surface area contributed by atoms with Gasteiger partial charge in [-0.05, 0) is 25.7 Å². The molecule has 0 aromatic carbocycles. The van der Waals surface area contributed by atoms with Gasteiger partial charge >= 0.3 is 12.0 Å². The van der Waals surface area contributed by atoms with E-state index in [9.17, 15) is 9.59 Å². The zero-order valence-electron chi connectivity index (χ0n) is 9.65. The summed E-state index contributed by atoms with van der Waals surface area (Å²) in [6, 6.07) is -0.107. The van der Waals surface area contributed by atoms with Gasteiger partial charge in [0.1, 0.15) is 0 Å². The van der Waals surface area contributed by atoms with Gasteiger partial charge in [-0.15, -0.1) is 0 Å². The van der Waals surface area contributed by atoms with Crippen molar-refractivity contribution >= 4 is 12.0 Å². The Bertz CT molecular complexity index is 308. The Balaban J connectivity index is 1.59. The molecule has 3 unspecified atom stereocenters. The fourth-order valence-electron chi connectivity index (χ4n) is 2.45. The van der Waals surface area contributed by atoms with Gasteiger partial charge in [-0.1, -0.05) is 0 Å². The number of hydrogen-bond donors (Lipinski definition) is 3. The molecule has 17 heavy (non-hydrogen) atoms. The summed E-state index contributed by atoms with van der Waals surface area (Å²) in [7, 11) is 0. The molecule has 2 rings (SSSR count). The van der Waals surface area contributed by atoms with E-state index in [-0.39, 0.29) is 24.6 Å². The number of urea groups is 1. The Morgan fingerprint density at radius 1 is 1.35 bits per heavy atom. The highest BCUT2D eigenvalue weighted by Gasteiger charge is 2.41. The van der Waals surface area contributed by atoms with Crippen molar-refractivity contribution in [2.45, 2.75) is 50.4 Å². The van der Waals surface area contributed by atoms with Crippen LogP contribution >= 0.6 is 0 Å². The summed E-state index contributed by atoms with van der Waals surface area (Å²) in [4.78, 5) is 21.8. The van der Waals surface area contributed by atoms with Gasteiger partial charge in [0.25, 0.3) is 0 Å². The molecule has 6 nitrogen and oxygen atoms in total. The van der Waals surface area contributed by atoms with Crippen LogP contribution in [0.1, 0.15) is 32.1 Å². The van der Waals surface area contributed by atoms with Crippen molar-refractivity contribution in [3.63, 3.8) is 0 Å². The van der Waals surface area contributed by atoms with Crippen LogP contribution in [0.15, 0.2) is 0 Å². The van der Waals surface area contributed by atoms with Crippen LogP contribution in [0.2, 0.25) is 0 Å². The van der Waals surface area contributed by atoms with E-state index in [1.807, 2.05) is 0 Å². The molecule has 0 saturated carbocycles. The van der Waals surface area contributed by atoms with Gasteiger partial charge in [-0.3, -0.25) is 4.79 Å². The van der Waals surface area contributed by atoms with Crippen molar-refractivity contribution in [1.82, 2.24) is 10.6 Å². The molecule has 2 aliphatic rings. The Morgan fingerprint density at radius 3 is 2.76 bits per heavy atom. The van der Waals surface area contributed by atoms with Crippen molar-refractivity contribution in [2.24, 2.45) is 0 Å². The molecule has 6 heteroatoms. The minimum Gasteiger partial charge on any atom is -0.481 e. The van der Waals surface area contributed by atoms with Crippen LogP contribution in [0, 0.1) is 0 Å². The van der Waals surface area contributed by atoms with Crippen molar-refractivity contribution in [2.75, 3.05) is 6.54 Å². The highest BCUT2D eigenvalue weighted by Crippen LogP contribution is 2.34.